The van der Waals surface area contributed by atoms with Crippen LogP contribution in [0.2, 0.25) is 0 Å². The van der Waals surface area contributed by atoms with Crippen LogP contribution in [0.25, 0.3) is 0 Å². The Labute approximate surface area is 119 Å². The molecule has 5 heteroatoms. The summed E-state index contributed by atoms with van der Waals surface area (Å²) in [6.07, 6.45) is 2.17. The van der Waals surface area contributed by atoms with Crippen LogP contribution in [0.5, 0.6) is 11.5 Å². The number of carboxylic acid groups (broad SMARTS) is 1. The van der Waals surface area contributed by atoms with E-state index in [0.29, 0.717) is 19.6 Å². The summed E-state index contributed by atoms with van der Waals surface area (Å²) < 4.78 is 12.4. The van der Waals surface area contributed by atoms with Crippen LogP contribution in [0, 0.1) is 5.92 Å². The third-order valence-electron chi connectivity index (χ3n) is 3.78. The van der Waals surface area contributed by atoms with Gasteiger partial charge in [0.2, 0.25) is 0 Å². The zero-order valence-electron chi connectivity index (χ0n) is 10.7. The van der Waals surface area contributed by atoms with Gasteiger partial charge in [0.25, 0.3) is 0 Å². The molecular formula is C14H15BrO4. The monoisotopic (exact) mass is 326 g/mol. The molecule has 102 valence electrons. The Balaban J connectivity index is 2.11. The van der Waals surface area contributed by atoms with Gasteiger partial charge in [-0.05, 0) is 22.4 Å². The Bertz CT molecular complexity index is 518. The van der Waals surface area contributed by atoms with Crippen LogP contribution in [0.15, 0.2) is 4.47 Å². The molecule has 3 rings (SSSR count). The highest BCUT2D eigenvalue weighted by atomic mass is 79.9. The maximum absolute atomic E-state index is 11.1. The third kappa shape index (κ3) is 2.00. The highest BCUT2D eigenvalue weighted by Gasteiger charge is 2.31. The van der Waals surface area contributed by atoms with Gasteiger partial charge in [0.15, 0.2) is 0 Å². The fraction of sp³-hybridized carbons (Fsp3) is 0.500. The molecule has 4 nitrogen and oxygen atoms in total. The van der Waals surface area contributed by atoms with E-state index >= 15 is 0 Å². The van der Waals surface area contributed by atoms with E-state index < -0.39 is 11.9 Å². The van der Waals surface area contributed by atoms with Crippen LogP contribution in [0.4, 0.5) is 0 Å². The number of benzene rings is 1. The van der Waals surface area contributed by atoms with E-state index in [-0.39, 0.29) is 0 Å². The van der Waals surface area contributed by atoms with Gasteiger partial charge in [-0.25, -0.2) is 0 Å². The second-order valence-electron chi connectivity index (χ2n) is 5.05. The summed E-state index contributed by atoms with van der Waals surface area (Å²) in [5, 5.41) is 9.11. The van der Waals surface area contributed by atoms with Crippen LogP contribution >= 0.6 is 15.9 Å². The van der Waals surface area contributed by atoms with Gasteiger partial charge in [-0.2, -0.15) is 0 Å². The second kappa shape index (κ2) is 4.71. The number of halogens is 1. The number of carboxylic acids is 1. The van der Waals surface area contributed by atoms with Crippen LogP contribution in [0.3, 0.4) is 0 Å². The number of hydrogen-bond donors (Lipinski definition) is 1. The van der Waals surface area contributed by atoms with Crippen molar-refractivity contribution in [3.8, 4) is 11.5 Å². The zero-order valence-corrected chi connectivity index (χ0v) is 12.2. The van der Waals surface area contributed by atoms with Crippen LogP contribution < -0.4 is 9.47 Å². The van der Waals surface area contributed by atoms with Crippen molar-refractivity contribution < 1.29 is 19.4 Å². The van der Waals surface area contributed by atoms with E-state index in [0.717, 1.165) is 45.5 Å². The Hall–Kier alpha value is -1.23. The Morgan fingerprint density at radius 2 is 1.89 bits per heavy atom. The highest BCUT2D eigenvalue weighted by Crippen LogP contribution is 2.47. The number of ether oxygens (including phenoxy) is 2. The lowest BCUT2D eigenvalue weighted by Gasteiger charge is -2.16. The third-order valence-corrected chi connectivity index (χ3v) is 4.62. The molecule has 1 aromatic carbocycles. The molecule has 0 aromatic heterocycles. The highest BCUT2D eigenvalue weighted by molar-refractivity contribution is 9.10. The summed E-state index contributed by atoms with van der Waals surface area (Å²) in [7, 11) is 0. The topological polar surface area (TPSA) is 55.8 Å². The van der Waals surface area contributed by atoms with Gasteiger partial charge in [0.1, 0.15) is 11.5 Å². The number of aliphatic carboxylic acids is 1. The molecule has 0 amide bonds. The smallest absolute Gasteiger partial charge is 0.306 e. The van der Waals surface area contributed by atoms with Crippen molar-refractivity contribution in [3.05, 3.63) is 21.2 Å². The predicted octanol–water partition coefficient (Wildman–Crippen LogP) is 2.58. The molecule has 19 heavy (non-hydrogen) atoms. The average Bonchev–Trinajstić information content (AvgIpc) is 3.02. The van der Waals surface area contributed by atoms with Gasteiger partial charge in [0, 0.05) is 29.5 Å². The number of hydrogen-bond acceptors (Lipinski definition) is 3. The van der Waals surface area contributed by atoms with E-state index in [9.17, 15) is 4.79 Å². The van der Waals surface area contributed by atoms with E-state index in [1.807, 2.05) is 0 Å². The lowest BCUT2D eigenvalue weighted by Crippen LogP contribution is -2.14. The Morgan fingerprint density at radius 3 is 2.58 bits per heavy atom. The van der Waals surface area contributed by atoms with Crippen LogP contribution in [-0.2, 0) is 24.1 Å². The van der Waals surface area contributed by atoms with Gasteiger partial charge >= 0.3 is 5.97 Å². The molecule has 1 N–H and O–H groups in total. The minimum Gasteiger partial charge on any atom is -0.493 e. The van der Waals surface area contributed by atoms with Gasteiger partial charge < -0.3 is 14.6 Å². The van der Waals surface area contributed by atoms with Crippen molar-refractivity contribution >= 4 is 21.9 Å². The predicted molar refractivity (Wildman–Crippen MR) is 73.0 cm³/mol. The Morgan fingerprint density at radius 1 is 1.26 bits per heavy atom. The Kier molecular flexibility index (Phi) is 3.17. The van der Waals surface area contributed by atoms with Gasteiger partial charge in [0.05, 0.1) is 23.6 Å². The van der Waals surface area contributed by atoms with Crippen molar-refractivity contribution in [1.82, 2.24) is 0 Å². The summed E-state index contributed by atoms with van der Waals surface area (Å²) in [5.41, 5.74) is 3.26. The standard InChI is InChI=1S/C14H15BrO4/c1-7(14(16)17)6-10-8-2-4-19-13(8)11(15)9-3-5-18-12(9)10/h7H,2-6H2,1H3,(H,16,17). The maximum Gasteiger partial charge on any atom is 0.306 e. The summed E-state index contributed by atoms with van der Waals surface area (Å²) >= 11 is 3.59. The molecule has 1 atom stereocenters. The van der Waals surface area contributed by atoms with E-state index in [4.69, 9.17) is 14.6 Å². The number of rotatable bonds is 3. The van der Waals surface area contributed by atoms with Crippen molar-refractivity contribution in [3.63, 3.8) is 0 Å². The second-order valence-corrected chi connectivity index (χ2v) is 5.84. The summed E-state index contributed by atoms with van der Waals surface area (Å²) in [5.74, 6) is 0.572. The van der Waals surface area contributed by atoms with Gasteiger partial charge in [-0.1, -0.05) is 6.92 Å². The van der Waals surface area contributed by atoms with Crippen molar-refractivity contribution in [2.24, 2.45) is 5.92 Å². The first-order chi connectivity index (χ1) is 9.09. The SMILES string of the molecule is CC(Cc1c2c(c(Br)c3c1OCC3)OCC2)C(=O)O. The molecule has 2 heterocycles. The zero-order chi connectivity index (χ0) is 13.6. The number of fused-ring (bicyclic) bond motifs is 2. The molecule has 0 radical (unpaired) electrons. The fourth-order valence-corrected chi connectivity index (χ4v) is 3.49. The summed E-state index contributed by atoms with van der Waals surface area (Å²) in [6.45, 7) is 3.05. The molecule has 2 aliphatic heterocycles. The lowest BCUT2D eigenvalue weighted by atomic mass is 9.92. The lowest BCUT2D eigenvalue weighted by molar-refractivity contribution is -0.141. The molecule has 1 unspecified atom stereocenters. The quantitative estimate of drug-likeness (QED) is 0.927. The first-order valence-corrected chi connectivity index (χ1v) is 7.23. The van der Waals surface area contributed by atoms with Crippen molar-refractivity contribution in [2.45, 2.75) is 26.2 Å². The van der Waals surface area contributed by atoms with E-state index in [1.165, 1.54) is 0 Å². The molecule has 0 spiro atoms. The molecule has 0 fully saturated rings. The molecular weight excluding hydrogens is 312 g/mol. The van der Waals surface area contributed by atoms with Gasteiger partial charge in [-0.15, -0.1) is 0 Å². The van der Waals surface area contributed by atoms with Crippen molar-refractivity contribution in [2.75, 3.05) is 13.2 Å². The van der Waals surface area contributed by atoms with Crippen LogP contribution in [0.1, 0.15) is 23.6 Å². The minimum absolute atomic E-state index is 0.417. The first-order valence-electron chi connectivity index (χ1n) is 6.44. The van der Waals surface area contributed by atoms with Crippen LogP contribution in [-0.4, -0.2) is 24.3 Å². The van der Waals surface area contributed by atoms with Crippen molar-refractivity contribution in [1.29, 1.82) is 0 Å². The molecule has 0 bridgehead atoms. The van der Waals surface area contributed by atoms with E-state index in [1.54, 1.807) is 6.92 Å². The summed E-state index contributed by atoms with van der Waals surface area (Å²) in [4.78, 5) is 11.1. The number of carbonyl (C=O) groups is 1. The first kappa shape index (κ1) is 12.8. The summed E-state index contributed by atoms with van der Waals surface area (Å²) in [6, 6.07) is 0. The fourth-order valence-electron chi connectivity index (χ4n) is 2.76. The maximum atomic E-state index is 11.1. The largest absolute Gasteiger partial charge is 0.493 e. The van der Waals surface area contributed by atoms with E-state index in [2.05, 4.69) is 15.9 Å². The molecule has 0 aliphatic carbocycles. The normalized spacial score (nSPS) is 17.4. The molecule has 2 aliphatic rings. The van der Waals surface area contributed by atoms with Gasteiger partial charge in [-0.3, -0.25) is 4.79 Å². The average molecular weight is 327 g/mol. The molecule has 0 saturated heterocycles. The molecule has 1 aromatic rings. The minimum atomic E-state index is -0.776. The molecule has 0 saturated carbocycles.